The van der Waals surface area contributed by atoms with Gasteiger partial charge >= 0.3 is 12.0 Å². The minimum atomic E-state index is -0.617. The van der Waals surface area contributed by atoms with Gasteiger partial charge in [-0.25, -0.2) is 23.1 Å². The lowest BCUT2D eigenvalue weighted by atomic mass is 9.82. The molecule has 1 unspecified atom stereocenters. The number of rotatable bonds is 10. The van der Waals surface area contributed by atoms with Crippen molar-refractivity contribution < 1.29 is 23.0 Å². The zero-order valence-electron chi connectivity index (χ0n) is 29.3. The fourth-order valence-corrected chi connectivity index (χ4v) is 7.31. The van der Waals surface area contributed by atoms with Gasteiger partial charge in [-0.2, -0.15) is 15.1 Å². The van der Waals surface area contributed by atoms with Gasteiger partial charge in [0, 0.05) is 37.5 Å². The van der Waals surface area contributed by atoms with E-state index in [1.165, 1.54) is 31.0 Å². The summed E-state index contributed by atoms with van der Waals surface area (Å²) in [4.78, 5) is 15.4. The molecule has 1 aliphatic carbocycles. The fourth-order valence-electron chi connectivity index (χ4n) is 6.65. The summed E-state index contributed by atoms with van der Waals surface area (Å²) in [5.41, 5.74) is 1.16. The van der Waals surface area contributed by atoms with Crippen LogP contribution in [0.4, 0.5) is 14.5 Å². The number of fused-ring (bicyclic) bond motifs is 2. The quantitative estimate of drug-likeness (QED) is 0.136. The number of halogens is 5. The van der Waals surface area contributed by atoms with Crippen LogP contribution in [-0.2, 0) is 6.42 Å². The molecular formula is C36H39BrCl2F2N8O3. The van der Waals surface area contributed by atoms with Crippen LogP contribution in [0.15, 0.2) is 59.5 Å². The number of aromatic nitrogens is 7. The van der Waals surface area contributed by atoms with Crippen LogP contribution >= 0.6 is 39.1 Å². The molecule has 11 nitrogen and oxygen atoms in total. The lowest BCUT2D eigenvalue weighted by molar-refractivity contribution is 0.265. The number of piperidine rings is 1. The lowest BCUT2D eigenvalue weighted by Gasteiger charge is -2.39. The lowest BCUT2D eigenvalue weighted by Crippen LogP contribution is -2.42. The summed E-state index contributed by atoms with van der Waals surface area (Å²) in [6.45, 7) is 9.84. The van der Waals surface area contributed by atoms with Gasteiger partial charge in [0.2, 0.25) is 10.6 Å². The van der Waals surface area contributed by atoms with E-state index in [0.29, 0.717) is 34.4 Å². The Morgan fingerprint density at radius 3 is 1.94 bits per heavy atom. The summed E-state index contributed by atoms with van der Waals surface area (Å²) < 4.78 is 48.3. The number of nitrogens with zero attached hydrogens (tertiary/aromatic N) is 8. The molecule has 3 aromatic heterocycles. The number of ether oxygens (including phenoxy) is 3. The van der Waals surface area contributed by atoms with Crippen LogP contribution in [0, 0.1) is 29.4 Å². The average Bonchev–Trinajstić information content (AvgIpc) is 3.77. The van der Waals surface area contributed by atoms with Crippen molar-refractivity contribution in [2.24, 2.45) is 17.8 Å². The van der Waals surface area contributed by atoms with Crippen LogP contribution in [0.1, 0.15) is 58.4 Å². The molecular weight excluding hydrogens is 781 g/mol. The van der Waals surface area contributed by atoms with E-state index >= 15 is 0 Å². The van der Waals surface area contributed by atoms with Crippen molar-refractivity contribution >= 4 is 44.8 Å². The van der Waals surface area contributed by atoms with Crippen LogP contribution in [0.25, 0.3) is 0 Å². The Labute approximate surface area is 319 Å². The molecule has 0 spiro atoms. The standard InChI is InChI=1S/C25H29ClFN5O2.C11H10BrClFN3O/c1-15(2)32-25(34-21-6-4-5-20(26)24(21)27)29-22(30-32)12-19-16-7-8-17(19)14-31(13-16)18-9-10-28-23(11-18)33-3;1-6(2)17-11(15-10(12)16-17)18-8-5-3-4-7(13)9(8)14/h4-6,9-11,15-17,19H,7-8,12-14H2,1-3H3;3-6H,1-2H3/t16-,17+,19?;. The van der Waals surface area contributed by atoms with Gasteiger partial charge in [0.05, 0.1) is 29.2 Å². The predicted molar refractivity (Wildman–Crippen MR) is 198 cm³/mol. The first-order chi connectivity index (χ1) is 24.9. The van der Waals surface area contributed by atoms with E-state index in [4.69, 9.17) is 42.5 Å². The van der Waals surface area contributed by atoms with Crippen LogP contribution in [0.2, 0.25) is 10.0 Å². The molecule has 0 amide bonds. The maximum atomic E-state index is 14.4. The second kappa shape index (κ2) is 16.3. The summed E-state index contributed by atoms with van der Waals surface area (Å²) in [7, 11) is 1.64. The SMILES string of the molecule is CC(C)n1nc(Br)nc1Oc1cccc(Cl)c1F.COc1cc(N2C[C@H]3CC[C@@H](C2)C3Cc2nc(Oc3cccc(Cl)c3F)n(C(C)C)n2)ccn1. The zero-order valence-corrected chi connectivity index (χ0v) is 32.4. The summed E-state index contributed by atoms with van der Waals surface area (Å²) in [6.07, 6.45) is 5.00. The molecule has 1 saturated heterocycles. The summed E-state index contributed by atoms with van der Waals surface area (Å²) in [6, 6.07) is 13.8. The smallest absolute Gasteiger partial charge is 0.321 e. The maximum absolute atomic E-state index is 14.4. The van der Waals surface area contributed by atoms with Gasteiger partial charge in [-0.1, -0.05) is 35.3 Å². The minimum Gasteiger partial charge on any atom is -0.481 e. The molecule has 2 aliphatic rings. The van der Waals surface area contributed by atoms with E-state index < -0.39 is 11.6 Å². The van der Waals surface area contributed by atoms with Crippen LogP contribution in [-0.4, -0.2) is 54.7 Å². The molecule has 4 heterocycles. The van der Waals surface area contributed by atoms with E-state index in [1.807, 2.05) is 39.8 Å². The Balaban J connectivity index is 0.000000217. The molecule has 2 bridgehead atoms. The Morgan fingerprint density at radius 1 is 0.827 bits per heavy atom. The second-order valence-electron chi connectivity index (χ2n) is 13.3. The third-order valence-corrected chi connectivity index (χ3v) is 10.1. The Hall–Kier alpha value is -4.01. The zero-order chi connectivity index (χ0) is 37.1. The summed E-state index contributed by atoms with van der Waals surface area (Å²) in [5, 5.41) is 8.85. The highest BCUT2D eigenvalue weighted by Crippen LogP contribution is 2.45. The number of hydrogen-bond donors (Lipinski definition) is 0. The van der Waals surface area contributed by atoms with Gasteiger partial charge in [-0.15, -0.1) is 5.10 Å². The van der Waals surface area contributed by atoms with Crippen molar-refractivity contribution in [2.75, 3.05) is 25.1 Å². The van der Waals surface area contributed by atoms with Crippen LogP contribution < -0.4 is 19.1 Å². The van der Waals surface area contributed by atoms with E-state index in [1.54, 1.807) is 40.9 Å². The van der Waals surface area contributed by atoms with Crippen molar-refractivity contribution in [2.45, 2.75) is 59.0 Å². The molecule has 2 aromatic carbocycles. The van der Waals surface area contributed by atoms with Gasteiger partial charge in [-0.05, 0) is 105 Å². The molecule has 2 fully saturated rings. The first-order valence-corrected chi connectivity index (χ1v) is 18.5. The Bertz CT molecular complexity index is 2000. The number of methoxy groups -OCH3 is 1. The van der Waals surface area contributed by atoms with Gasteiger partial charge in [-0.3, -0.25) is 0 Å². The van der Waals surface area contributed by atoms with Gasteiger partial charge < -0.3 is 19.1 Å². The molecule has 0 N–H and O–H groups in total. The van der Waals surface area contributed by atoms with Crippen molar-refractivity contribution in [1.82, 2.24) is 34.5 Å². The average molecular weight is 821 g/mol. The minimum absolute atomic E-state index is 0.00202. The third kappa shape index (κ3) is 8.44. The molecule has 16 heteroatoms. The highest BCUT2D eigenvalue weighted by Gasteiger charge is 2.42. The topological polar surface area (TPSA) is 105 Å². The Kier molecular flexibility index (Phi) is 11.9. The number of pyridine rings is 1. The van der Waals surface area contributed by atoms with Gasteiger partial charge in [0.1, 0.15) is 0 Å². The highest BCUT2D eigenvalue weighted by molar-refractivity contribution is 9.10. The largest absolute Gasteiger partial charge is 0.481 e. The number of hydrogen-bond acceptors (Lipinski definition) is 9. The molecule has 1 aliphatic heterocycles. The van der Waals surface area contributed by atoms with Crippen molar-refractivity contribution in [3.63, 3.8) is 0 Å². The summed E-state index contributed by atoms with van der Waals surface area (Å²) in [5.74, 6) is 1.89. The van der Waals surface area contributed by atoms with Crippen molar-refractivity contribution in [1.29, 1.82) is 0 Å². The van der Waals surface area contributed by atoms with E-state index in [2.05, 4.69) is 40.9 Å². The molecule has 1 saturated carbocycles. The Morgan fingerprint density at radius 2 is 1.38 bits per heavy atom. The van der Waals surface area contributed by atoms with Gasteiger partial charge in [0.25, 0.3) is 0 Å². The van der Waals surface area contributed by atoms with E-state index in [-0.39, 0.29) is 39.6 Å². The second-order valence-corrected chi connectivity index (χ2v) is 14.8. The predicted octanol–water partition coefficient (Wildman–Crippen LogP) is 9.76. The highest BCUT2D eigenvalue weighted by atomic mass is 79.9. The number of anilines is 1. The molecule has 3 atom stereocenters. The van der Waals surface area contributed by atoms with Crippen molar-refractivity contribution in [3.05, 3.63) is 87.0 Å². The number of benzene rings is 2. The molecule has 0 radical (unpaired) electrons. The first kappa shape index (κ1) is 37.7. The normalized spacial score (nSPS) is 18.1. The maximum Gasteiger partial charge on any atom is 0.321 e. The molecule has 52 heavy (non-hydrogen) atoms. The monoisotopic (exact) mass is 818 g/mol. The van der Waals surface area contributed by atoms with E-state index in [0.717, 1.165) is 31.0 Å². The van der Waals surface area contributed by atoms with Crippen LogP contribution in [0.3, 0.4) is 0 Å². The first-order valence-electron chi connectivity index (χ1n) is 17.0. The molecule has 7 rings (SSSR count). The third-order valence-electron chi connectivity index (χ3n) is 9.17. The van der Waals surface area contributed by atoms with Gasteiger partial charge in [0.15, 0.2) is 29.0 Å². The molecule has 5 aromatic rings. The summed E-state index contributed by atoms with van der Waals surface area (Å²) >= 11 is 14.8. The van der Waals surface area contributed by atoms with Crippen LogP contribution in [0.5, 0.6) is 29.4 Å². The molecule has 276 valence electrons. The fraction of sp³-hybridized carbons (Fsp3) is 0.417. The van der Waals surface area contributed by atoms with E-state index in [9.17, 15) is 8.78 Å². The van der Waals surface area contributed by atoms with Crippen molar-refractivity contribution in [3.8, 4) is 29.4 Å².